The molecular weight excluding hydrogens is 204 g/mol. The average Bonchev–Trinajstić information content (AvgIpc) is 2.84. The largest absolute Gasteiger partial charge is 0.364 e. The van der Waals surface area contributed by atoms with Crippen molar-refractivity contribution in [2.24, 2.45) is 11.7 Å². The molecule has 0 radical (unpaired) electrons. The third-order valence-electron chi connectivity index (χ3n) is 3.71. The van der Waals surface area contributed by atoms with Gasteiger partial charge in [0.05, 0.1) is 6.10 Å². The van der Waals surface area contributed by atoms with Crippen LogP contribution < -0.4 is 5.73 Å². The first-order chi connectivity index (χ1) is 7.61. The fourth-order valence-electron chi connectivity index (χ4n) is 2.85. The number of nitrogens with two attached hydrogens (primary N) is 1. The summed E-state index contributed by atoms with van der Waals surface area (Å²) in [5.41, 5.74) is 5.55. The van der Waals surface area contributed by atoms with Gasteiger partial charge >= 0.3 is 0 Å². The smallest absolute Gasteiger partial charge is 0.251 e. The quantitative estimate of drug-likeness (QED) is 0.756. The van der Waals surface area contributed by atoms with E-state index in [2.05, 4.69) is 13.8 Å². The maximum Gasteiger partial charge on any atom is 0.251 e. The van der Waals surface area contributed by atoms with Gasteiger partial charge in [-0.05, 0) is 32.1 Å². The molecule has 2 fully saturated rings. The fourth-order valence-corrected chi connectivity index (χ4v) is 2.85. The summed E-state index contributed by atoms with van der Waals surface area (Å²) < 4.78 is 5.65. The summed E-state index contributed by atoms with van der Waals surface area (Å²) in [6, 6.07) is 0.364. The zero-order valence-corrected chi connectivity index (χ0v) is 10.2. The van der Waals surface area contributed by atoms with Gasteiger partial charge in [-0.2, -0.15) is 0 Å². The fraction of sp³-hybridized carbons (Fsp3) is 0.917. The van der Waals surface area contributed by atoms with Crippen LogP contribution in [0.2, 0.25) is 0 Å². The van der Waals surface area contributed by atoms with Crippen molar-refractivity contribution >= 4 is 5.91 Å². The van der Waals surface area contributed by atoms with Crippen molar-refractivity contribution in [2.75, 3.05) is 13.1 Å². The standard InChI is InChI=1S/C12H22N2O2/c1-8-5-9(2)14(7-8)12(15)11-4-3-10(6-13)16-11/h8-11H,3-7,13H2,1-2H3/t8?,9?,10-,11+/m1/s1. The second-order valence-electron chi connectivity index (χ2n) is 5.24. The van der Waals surface area contributed by atoms with Gasteiger partial charge < -0.3 is 15.4 Å². The Morgan fingerprint density at radius 2 is 2.19 bits per heavy atom. The first-order valence-corrected chi connectivity index (χ1v) is 6.27. The van der Waals surface area contributed by atoms with E-state index in [9.17, 15) is 4.79 Å². The minimum Gasteiger partial charge on any atom is -0.364 e. The molecule has 4 nitrogen and oxygen atoms in total. The van der Waals surface area contributed by atoms with Crippen molar-refractivity contribution in [1.82, 2.24) is 4.90 Å². The molecule has 92 valence electrons. The zero-order valence-electron chi connectivity index (χ0n) is 10.2. The molecule has 2 aliphatic heterocycles. The van der Waals surface area contributed by atoms with E-state index in [1.807, 2.05) is 4.90 Å². The van der Waals surface area contributed by atoms with Crippen LogP contribution in [-0.4, -0.2) is 42.1 Å². The Hall–Kier alpha value is -0.610. The highest BCUT2D eigenvalue weighted by molar-refractivity contribution is 5.81. The number of carbonyl (C=O) groups is 1. The summed E-state index contributed by atoms with van der Waals surface area (Å²) in [6.07, 6.45) is 2.72. The van der Waals surface area contributed by atoms with Crippen LogP contribution in [-0.2, 0) is 9.53 Å². The Morgan fingerprint density at radius 3 is 2.69 bits per heavy atom. The van der Waals surface area contributed by atoms with Gasteiger partial charge in [0.2, 0.25) is 0 Å². The number of likely N-dealkylation sites (tertiary alicyclic amines) is 1. The van der Waals surface area contributed by atoms with Gasteiger partial charge in [-0.15, -0.1) is 0 Å². The van der Waals surface area contributed by atoms with Crippen molar-refractivity contribution in [3.63, 3.8) is 0 Å². The maximum atomic E-state index is 12.2. The van der Waals surface area contributed by atoms with Crippen molar-refractivity contribution in [3.05, 3.63) is 0 Å². The van der Waals surface area contributed by atoms with E-state index in [-0.39, 0.29) is 18.1 Å². The second kappa shape index (κ2) is 4.72. The van der Waals surface area contributed by atoms with E-state index in [0.29, 0.717) is 18.5 Å². The van der Waals surface area contributed by atoms with Gasteiger partial charge in [-0.25, -0.2) is 0 Å². The van der Waals surface area contributed by atoms with E-state index < -0.39 is 0 Å². The molecule has 0 aromatic carbocycles. The SMILES string of the molecule is CC1CC(C)N(C(=O)[C@@H]2CC[C@H](CN)O2)C1. The van der Waals surface area contributed by atoms with Crippen LogP contribution in [0.15, 0.2) is 0 Å². The highest BCUT2D eigenvalue weighted by atomic mass is 16.5. The Balaban J connectivity index is 1.93. The third-order valence-corrected chi connectivity index (χ3v) is 3.71. The van der Waals surface area contributed by atoms with Gasteiger partial charge in [0.25, 0.3) is 5.91 Å². The molecule has 2 heterocycles. The third kappa shape index (κ3) is 2.23. The van der Waals surface area contributed by atoms with Crippen LogP contribution in [0.3, 0.4) is 0 Å². The Labute approximate surface area is 97.1 Å². The molecule has 2 saturated heterocycles. The molecule has 0 aromatic heterocycles. The lowest BCUT2D eigenvalue weighted by molar-refractivity contribution is -0.143. The van der Waals surface area contributed by atoms with Crippen LogP contribution in [0.25, 0.3) is 0 Å². The molecule has 2 unspecified atom stereocenters. The number of amides is 1. The lowest BCUT2D eigenvalue weighted by atomic mass is 10.1. The van der Waals surface area contributed by atoms with E-state index >= 15 is 0 Å². The lowest BCUT2D eigenvalue weighted by Gasteiger charge is -2.24. The Kier molecular flexibility index (Phi) is 3.50. The molecule has 0 bridgehead atoms. The average molecular weight is 226 g/mol. The first kappa shape index (κ1) is 11.9. The van der Waals surface area contributed by atoms with E-state index in [1.54, 1.807) is 0 Å². The Bertz CT molecular complexity index is 270. The highest BCUT2D eigenvalue weighted by Gasteiger charge is 2.37. The highest BCUT2D eigenvalue weighted by Crippen LogP contribution is 2.27. The molecule has 0 aliphatic carbocycles. The molecule has 0 aromatic rings. The number of hydrogen-bond acceptors (Lipinski definition) is 3. The number of ether oxygens (including phenoxy) is 1. The molecule has 0 saturated carbocycles. The Morgan fingerprint density at radius 1 is 1.44 bits per heavy atom. The minimum atomic E-state index is -0.235. The van der Waals surface area contributed by atoms with E-state index in [0.717, 1.165) is 25.8 Å². The van der Waals surface area contributed by atoms with Crippen LogP contribution in [0.5, 0.6) is 0 Å². The van der Waals surface area contributed by atoms with Gasteiger partial charge in [-0.1, -0.05) is 6.92 Å². The number of hydrogen-bond donors (Lipinski definition) is 1. The van der Waals surface area contributed by atoms with Crippen molar-refractivity contribution in [1.29, 1.82) is 0 Å². The van der Waals surface area contributed by atoms with Gasteiger partial charge in [0.15, 0.2) is 0 Å². The summed E-state index contributed by atoms with van der Waals surface area (Å²) in [7, 11) is 0. The number of rotatable bonds is 2. The zero-order chi connectivity index (χ0) is 11.7. The molecule has 4 atom stereocenters. The van der Waals surface area contributed by atoms with E-state index in [1.165, 1.54) is 0 Å². The number of nitrogens with zero attached hydrogens (tertiary/aromatic N) is 1. The molecule has 2 rings (SSSR count). The molecule has 2 N–H and O–H groups in total. The van der Waals surface area contributed by atoms with Crippen LogP contribution >= 0.6 is 0 Å². The van der Waals surface area contributed by atoms with Gasteiger partial charge in [0, 0.05) is 19.1 Å². The summed E-state index contributed by atoms with van der Waals surface area (Å²) in [4.78, 5) is 14.2. The predicted octanol–water partition coefficient (Wildman–Crippen LogP) is 0.750. The summed E-state index contributed by atoms with van der Waals surface area (Å²) in [5.74, 6) is 0.790. The molecule has 0 spiro atoms. The topological polar surface area (TPSA) is 55.6 Å². The monoisotopic (exact) mass is 226 g/mol. The molecule has 2 aliphatic rings. The van der Waals surface area contributed by atoms with Crippen LogP contribution in [0.1, 0.15) is 33.1 Å². The summed E-state index contributed by atoms with van der Waals surface area (Å²) in [6.45, 7) is 5.72. The van der Waals surface area contributed by atoms with Crippen molar-refractivity contribution in [3.8, 4) is 0 Å². The van der Waals surface area contributed by atoms with Gasteiger partial charge in [0.1, 0.15) is 6.10 Å². The second-order valence-corrected chi connectivity index (χ2v) is 5.24. The van der Waals surface area contributed by atoms with Gasteiger partial charge in [-0.3, -0.25) is 4.79 Å². The molecule has 4 heteroatoms. The van der Waals surface area contributed by atoms with Crippen LogP contribution in [0, 0.1) is 5.92 Å². The predicted molar refractivity (Wildman–Crippen MR) is 61.9 cm³/mol. The van der Waals surface area contributed by atoms with Crippen LogP contribution in [0.4, 0.5) is 0 Å². The van der Waals surface area contributed by atoms with E-state index in [4.69, 9.17) is 10.5 Å². The van der Waals surface area contributed by atoms with Crippen molar-refractivity contribution < 1.29 is 9.53 Å². The first-order valence-electron chi connectivity index (χ1n) is 6.27. The maximum absolute atomic E-state index is 12.2. The minimum absolute atomic E-state index is 0.0873. The summed E-state index contributed by atoms with van der Waals surface area (Å²) in [5, 5.41) is 0. The normalized spacial score (nSPS) is 39.3. The molecular formula is C12H22N2O2. The molecule has 16 heavy (non-hydrogen) atoms. The molecule has 1 amide bonds. The lowest BCUT2D eigenvalue weighted by Crippen LogP contribution is -2.41. The summed E-state index contributed by atoms with van der Waals surface area (Å²) >= 11 is 0. The van der Waals surface area contributed by atoms with Crippen molar-refractivity contribution in [2.45, 2.75) is 51.4 Å². The number of carbonyl (C=O) groups excluding carboxylic acids is 1.